The van der Waals surface area contributed by atoms with E-state index in [2.05, 4.69) is 20.5 Å². The van der Waals surface area contributed by atoms with Crippen molar-refractivity contribution in [3.8, 4) is 5.69 Å². The van der Waals surface area contributed by atoms with Crippen LogP contribution in [0.4, 0.5) is 13.2 Å². The summed E-state index contributed by atoms with van der Waals surface area (Å²) in [5.74, 6) is -0.683. The van der Waals surface area contributed by atoms with E-state index >= 15 is 0 Å². The van der Waals surface area contributed by atoms with Gasteiger partial charge in [0.25, 0.3) is 5.91 Å². The number of para-hydroxylation sites is 2. The third kappa shape index (κ3) is 5.10. The van der Waals surface area contributed by atoms with E-state index in [1.54, 1.807) is 9.13 Å². The van der Waals surface area contributed by atoms with E-state index in [1.807, 2.05) is 49.4 Å². The molecule has 1 saturated carbocycles. The number of pyridine rings is 1. The van der Waals surface area contributed by atoms with Crippen LogP contribution in [0.25, 0.3) is 27.6 Å². The Kier molecular flexibility index (Phi) is 6.85. The number of H-pyrrole nitrogens is 1. The zero-order valence-corrected chi connectivity index (χ0v) is 22.8. The molecule has 5 aromatic rings. The molecule has 1 fully saturated rings. The lowest BCUT2D eigenvalue weighted by Crippen LogP contribution is -2.39. The zero-order chi connectivity index (χ0) is 28.9. The van der Waals surface area contributed by atoms with Gasteiger partial charge in [-0.05, 0) is 74.9 Å². The summed E-state index contributed by atoms with van der Waals surface area (Å²) >= 11 is 5.83. The van der Waals surface area contributed by atoms with Crippen LogP contribution in [0.2, 0.25) is 5.02 Å². The van der Waals surface area contributed by atoms with Crippen LogP contribution in [0.1, 0.15) is 47.4 Å². The molecule has 1 amide bonds. The fourth-order valence-corrected chi connectivity index (χ4v) is 5.91. The molecule has 1 aliphatic carbocycles. The summed E-state index contributed by atoms with van der Waals surface area (Å²) in [6.07, 6.45) is -1.33. The fraction of sp³-hybridized carbons (Fsp3) is 0.310. The molecule has 0 aliphatic heterocycles. The van der Waals surface area contributed by atoms with Gasteiger partial charge in [-0.3, -0.25) is 19.0 Å². The molecule has 0 saturated heterocycles. The molecule has 212 valence electrons. The second-order valence-corrected chi connectivity index (χ2v) is 10.9. The summed E-state index contributed by atoms with van der Waals surface area (Å²) in [5, 5.41) is 10.9. The lowest BCUT2D eigenvalue weighted by atomic mass is 9.85. The molecule has 2 aromatic carbocycles. The molecule has 2 N–H and O–H groups in total. The average molecular weight is 583 g/mol. The highest BCUT2D eigenvalue weighted by Gasteiger charge is 2.38. The van der Waals surface area contributed by atoms with Gasteiger partial charge in [-0.15, -0.1) is 0 Å². The summed E-state index contributed by atoms with van der Waals surface area (Å²) < 4.78 is 43.7. The number of nitrogens with zero attached hydrogens (tertiary/aromatic N) is 4. The average Bonchev–Trinajstić information content (AvgIpc) is 3.45. The number of aryl methyl sites for hydroxylation is 1. The number of hydrogen-bond donors (Lipinski definition) is 2. The number of carbonyl (C=O) groups excluding carboxylic acids is 1. The van der Waals surface area contributed by atoms with Crippen LogP contribution in [0, 0.1) is 12.8 Å². The predicted octanol–water partition coefficient (Wildman–Crippen LogP) is 6.03. The fourth-order valence-electron chi connectivity index (χ4n) is 5.76. The largest absolute Gasteiger partial charge is 0.434 e. The number of nitrogens with one attached hydrogen (secondary N) is 2. The molecule has 0 spiro atoms. The number of aromatic nitrogens is 5. The number of benzene rings is 2. The van der Waals surface area contributed by atoms with E-state index in [4.69, 9.17) is 11.6 Å². The Morgan fingerprint density at radius 1 is 1.10 bits per heavy atom. The third-order valence-corrected chi connectivity index (χ3v) is 8.03. The Balaban J connectivity index is 1.19. The van der Waals surface area contributed by atoms with Crippen LogP contribution in [-0.2, 0) is 12.7 Å². The van der Waals surface area contributed by atoms with Gasteiger partial charge in [-0.2, -0.15) is 18.3 Å². The molecule has 0 bridgehead atoms. The smallest absolute Gasteiger partial charge is 0.349 e. The van der Waals surface area contributed by atoms with E-state index in [-0.39, 0.29) is 22.7 Å². The molecule has 0 atom stereocenters. The number of aromatic amines is 1. The maximum atomic E-state index is 13.8. The first-order valence-corrected chi connectivity index (χ1v) is 13.7. The lowest BCUT2D eigenvalue weighted by molar-refractivity contribution is -0.141. The number of carbonyl (C=O) groups is 1. The van der Waals surface area contributed by atoms with Gasteiger partial charge in [0, 0.05) is 24.2 Å². The van der Waals surface area contributed by atoms with E-state index in [0.717, 1.165) is 45.6 Å². The molecular weight excluding hydrogens is 557 g/mol. The van der Waals surface area contributed by atoms with Crippen molar-refractivity contribution >= 4 is 39.4 Å². The number of alkyl halides is 3. The van der Waals surface area contributed by atoms with Gasteiger partial charge in [-0.1, -0.05) is 23.7 Å². The quantitative estimate of drug-likeness (QED) is 0.264. The number of halogens is 4. The highest BCUT2D eigenvalue weighted by molar-refractivity contribution is 6.30. The Bertz CT molecular complexity index is 1830. The molecule has 6 rings (SSSR count). The first-order valence-electron chi connectivity index (χ1n) is 13.3. The number of hydrogen-bond acceptors (Lipinski definition) is 4. The van der Waals surface area contributed by atoms with Gasteiger partial charge in [0.1, 0.15) is 0 Å². The Hall–Kier alpha value is -4.12. The van der Waals surface area contributed by atoms with E-state index in [0.29, 0.717) is 32.2 Å². The van der Waals surface area contributed by atoms with Crippen LogP contribution >= 0.6 is 11.6 Å². The third-order valence-electron chi connectivity index (χ3n) is 7.82. The lowest BCUT2D eigenvalue weighted by Gasteiger charge is -2.29. The van der Waals surface area contributed by atoms with Crippen molar-refractivity contribution in [1.82, 2.24) is 29.6 Å². The van der Waals surface area contributed by atoms with Crippen LogP contribution in [0.5, 0.6) is 0 Å². The molecule has 3 aromatic heterocycles. The Morgan fingerprint density at radius 3 is 2.56 bits per heavy atom. The van der Waals surface area contributed by atoms with Gasteiger partial charge in [0.05, 0.1) is 38.5 Å². The summed E-state index contributed by atoms with van der Waals surface area (Å²) in [7, 11) is 0. The minimum absolute atomic E-state index is 0.0451. The van der Waals surface area contributed by atoms with Gasteiger partial charge < -0.3 is 5.32 Å². The number of imidazole rings is 1. The Labute approximate surface area is 237 Å². The second kappa shape index (κ2) is 10.4. The van der Waals surface area contributed by atoms with Gasteiger partial charge in [0.15, 0.2) is 5.69 Å². The molecule has 8 nitrogen and oxygen atoms in total. The van der Waals surface area contributed by atoms with E-state index in [9.17, 15) is 22.8 Å². The van der Waals surface area contributed by atoms with E-state index in [1.165, 1.54) is 0 Å². The summed E-state index contributed by atoms with van der Waals surface area (Å²) in [6, 6.07) is 14.1. The van der Waals surface area contributed by atoms with Crippen molar-refractivity contribution in [3.05, 3.63) is 87.2 Å². The monoisotopic (exact) mass is 582 g/mol. The van der Waals surface area contributed by atoms with Crippen molar-refractivity contribution in [2.45, 2.75) is 51.4 Å². The topological polar surface area (TPSA) is 97.6 Å². The first-order chi connectivity index (χ1) is 19.6. The maximum Gasteiger partial charge on any atom is 0.434 e. The van der Waals surface area contributed by atoms with Crippen molar-refractivity contribution in [1.29, 1.82) is 0 Å². The highest BCUT2D eigenvalue weighted by atomic mass is 35.5. The standard InChI is InChI=1S/C29H26ClF3N6O2/c1-16-21-13-20(10-11-23(21)37-36-16)39-25-5-3-2-4-24(25)38(28(39)41)15-17-6-8-19(9-7-17)35-27(40)22-12-18(30)14-34-26(22)29(31,32)33/h2-5,10-14,17,19H,6-9,15H2,1H3,(H,35,40)(H,36,37)/t17-,19-. The zero-order valence-electron chi connectivity index (χ0n) is 22.0. The van der Waals surface area contributed by atoms with Crippen LogP contribution in [-0.4, -0.2) is 36.3 Å². The van der Waals surface area contributed by atoms with Crippen molar-refractivity contribution in [2.75, 3.05) is 0 Å². The molecule has 0 radical (unpaired) electrons. The van der Waals surface area contributed by atoms with Crippen molar-refractivity contribution in [2.24, 2.45) is 5.92 Å². The predicted molar refractivity (Wildman–Crippen MR) is 149 cm³/mol. The van der Waals surface area contributed by atoms with Crippen LogP contribution < -0.4 is 11.0 Å². The number of amides is 1. The minimum Gasteiger partial charge on any atom is -0.349 e. The molecule has 0 unspecified atom stereocenters. The minimum atomic E-state index is -4.77. The molecule has 3 heterocycles. The molecule has 1 aliphatic rings. The van der Waals surface area contributed by atoms with Crippen LogP contribution in [0.15, 0.2) is 59.5 Å². The second-order valence-electron chi connectivity index (χ2n) is 10.5. The van der Waals surface area contributed by atoms with Gasteiger partial charge in [-0.25, -0.2) is 9.78 Å². The van der Waals surface area contributed by atoms with Crippen molar-refractivity contribution < 1.29 is 18.0 Å². The van der Waals surface area contributed by atoms with Gasteiger partial charge >= 0.3 is 11.9 Å². The summed E-state index contributed by atoms with van der Waals surface area (Å²) in [4.78, 5) is 29.9. The SMILES string of the molecule is Cc1n[nH]c2ccc(-n3c(=O)n(C[C@H]4CC[C@H](NC(=O)c5cc(Cl)cnc5C(F)(F)F)CC4)c4ccccc43)cc12. The number of fused-ring (bicyclic) bond motifs is 2. The molecule has 12 heteroatoms. The van der Waals surface area contributed by atoms with E-state index < -0.39 is 23.3 Å². The number of rotatable bonds is 5. The summed E-state index contributed by atoms with van der Waals surface area (Å²) in [5.41, 5.74) is 2.13. The normalized spacial score (nSPS) is 17.8. The highest BCUT2D eigenvalue weighted by Crippen LogP contribution is 2.32. The summed E-state index contributed by atoms with van der Waals surface area (Å²) in [6.45, 7) is 2.41. The van der Waals surface area contributed by atoms with Crippen LogP contribution in [0.3, 0.4) is 0 Å². The molecule has 41 heavy (non-hydrogen) atoms. The maximum absolute atomic E-state index is 13.8. The van der Waals surface area contributed by atoms with Gasteiger partial charge in [0.2, 0.25) is 0 Å². The van der Waals surface area contributed by atoms with Crippen molar-refractivity contribution in [3.63, 3.8) is 0 Å². The first kappa shape index (κ1) is 27.1. The molecular formula is C29H26ClF3N6O2. The Morgan fingerprint density at radius 2 is 1.83 bits per heavy atom.